The highest BCUT2D eigenvalue weighted by Gasteiger charge is 2.31. The molecule has 0 aromatic rings. The van der Waals surface area contributed by atoms with Crippen LogP contribution in [0.5, 0.6) is 0 Å². The van der Waals surface area contributed by atoms with Crippen molar-refractivity contribution in [1.29, 1.82) is 0 Å². The lowest BCUT2D eigenvalue weighted by atomic mass is 10.3. The Hall–Kier alpha value is -0.170. The van der Waals surface area contributed by atoms with Crippen LogP contribution >= 0.6 is 0 Å². The van der Waals surface area contributed by atoms with Crippen LogP contribution in [0.1, 0.15) is 12.8 Å². The molecule has 0 spiro atoms. The Bertz CT molecular complexity index is 252. The fourth-order valence-corrected chi connectivity index (χ4v) is 2.95. The number of methoxy groups -OCH3 is 1. The molecule has 1 heterocycles. The van der Waals surface area contributed by atoms with Crippen molar-refractivity contribution in [3.05, 3.63) is 0 Å². The van der Waals surface area contributed by atoms with E-state index >= 15 is 0 Å². The molecule has 1 aliphatic heterocycles. The lowest BCUT2D eigenvalue weighted by Crippen LogP contribution is -2.42. The highest BCUT2D eigenvalue weighted by Crippen LogP contribution is 2.17. The van der Waals surface area contributed by atoms with Gasteiger partial charge in [-0.05, 0) is 12.8 Å². The van der Waals surface area contributed by atoms with Crippen LogP contribution in [0.25, 0.3) is 0 Å². The zero-order chi connectivity index (χ0) is 9.90. The number of ether oxygens (including phenoxy) is 1. The van der Waals surface area contributed by atoms with Crippen molar-refractivity contribution in [2.45, 2.75) is 19.0 Å². The molecule has 0 bridgehead atoms. The van der Waals surface area contributed by atoms with Gasteiger partial charge in [-0.1, -0.05) is 0 Å². The molecule has 0 aromatic carbocycles. The van der Waals surface area contributed by atoms with E-state index in [1.165, 1.54) is 11.4 Å². The summed E-state index contributed by atoms with van der Waals surface area (Å²) in [7, 11) is -1.70. The summed E-state index contributed by atoms with van der Waals surface area (Å²) in [6, 6.07) is 0. The SMILES string of the molecule is COCCS(=O)(=O)N1CCCC1N. The molecule has 2 N–H and O–H groups in total. The minimum absolute atomic E-state index is 0.0250. The van der Waals surface area contributed by atoms with Gasteiger partial charge in [-0.2, -0.15) is 4.31 Å². The van der Waals surface area contributed by atoms with E-state index < -0.39 is 10.0 Å². The number of nitrogens with zero attached hydrogens (tertiary/aromatic N) is 1. The average molecular weight is 208 g/mol. The molecule has 0 amide bonds. The van der Waals surface area contributed by atoms with Crippen molar-refractivity contribution in [3.63, 3.8) is 0 Å². The molecule has 1 rings (SSSR count). The molecule has 1 fully saturated rings. The quantitative estimate of drug-likeness (QED) is 0.666. The maximum absolute atomic E-state index is 11.6. The number of rotatable bonds is 4. The van der Waals surface area contributed by atoms with Crippen molar-refractivity contribution in [1.82, 2.24) is 4.31 Å². The van der Waals surface area contributed by atoms with Crippen molar-refractivity contribution in [2.75, 3.05) is 26.0 Å². The Labute approximate surface area is 78.9 Å². The zero-order valence-electron chi connectivity index (χ0n) is 7.77. The molecular formula is C7H16N2O3S. The fourth-order valence-electron chi connectivity index (χ4n) is 1.42. The summed E-state index contributed by atoms with van der Waals surface area (Å²) in [6.45, 7) is 0.777. The van der Waals surface area contributed by atoms with Crippen LogP contribution in [0.2, 0.25) is 0 Å². The molecule has 6 heteroatoms. The minimum atomic E-state index is -3.19. The largest absolute Gasteiger partial charge is 0.384 e. The molecule has 0 aliphatic carbocycles. The van der Waals surface area contributed by atoms with Gasteiger partial charge in [-0.25, -0.2) is 8.42 Å². The van der Waals surface area contributed by atoms with Gasteiger partial charge < -0.3 is 10.5 Å². The molecule has 13 heavy (non-hydrogen) atoms. The second-order valence-corrected chi connectivity index (χ2v) is 5.17. The number of nitrogens with two attached hydrogens (primary N) is 1. The first-order valence-electron chi connectivity index (χ1n) is 4.32. The van der Waals surface area contributed by atoms with E-state index in [9.17, 15) is 8.42 Å². The first-order valence-corrected chi connectivity index (χ1v) is 5.93. The normalized spacial score (nSPS) is 25.2. The van der Waals surface area contributed by atoms with Crippen LogP contribution in [0, 0.1) is 0 Å². The van der Waals surface area contributed by atoms with E-state index in [4.69, 9.17) is 10.5 Å². The lowest BCUT2D eigenvalue weighted by molar-refractivity contribution is 0.215. The topological polar surface area (TPSA) is 72.6 Å². The van der Waals surface area contributed by atoms with Crippen molar-refractivity contribution >= 4 is 10.0 Å². The number of sulfonamides is 1. The van der Waals surface area contributed by atoms with Gasteiger partial charge in [0, 0.05) is 13.7 Å². The first-order chi connectivity index (χ1) is 6.08. The Morgan fingerprint density at radius 2 is 2.31 bits per heavy atom. The van der Waals surface area contributed by atoms with E-state index in [0.717, 1.165) is 12.8 Å². The maximum Gasteiger partial charge on any atom is 0.217 e. The fraction of sp³-hybridized carbons (Fsp3) is 1.00. The van der Waals surface area contributed by atoms with Gasteiger partial charge in [-0.15, -0.1) is 0 Å². The lowest BCUT2D eigenvalue weighted by Gasteiger charge is -2.20. The molecule has 0 radical (unpaired) electrons. The van der Waals surface area contributed by atoms with E-state index in [1.807, 2.05) is 0 Å². The smallest absolute Gasteiger partial charge is 0.217 e. The van der Waals surface area contributed by atoms with Crippen molar-refractivity contribution < 1.29 is 13.2 Å². The summed E-state index contributed by atoms with van der Waals surface area (Å²) in [4.78, 5) is 0. The molecule has 5 nitrogen and oxygen atoms in total. The highest BCUT2D eigenvalue weighted by molar-refractivity contribution is 7.89. The van der Waals surface area contributed by atoms with Crippen LogP contribution in [-0.2, 0) is 14.8 Å². The van der Waals surface area contributed by atoms with Gasteiger partial charge >= 0.3 is 0 Å². The predicted molar refractivity (Wildman–Crippen MR) is 49.6 cm³/mol. The van der Waals surface area contributed by atoms with Gasteiger partial charge in [-0.3, -0.25) is 0 Å². The van der Waals surface area contributed by atoms with Gasteiger partial charge in [0.2, 0.25) is 10.0 Å². The predicted octanol–water partition coefficient (Wildman–Crippen LogP) is -0.657. The minimum Gasteiger partial charge on any atom is -0.384 e. The van der Waals surface area contributed by atoms with Gasteiger partial charge in [0.25, 0.3) is 0 Å². The second-order valence-electron chi connectivity index (χ2n) is 3.13. The molecular weight excluding hydrogens is 192 g/mol. The van der Waals surface area contributed by atoms with Crippen molar-refractivity contribution in [3.8, 4) is 0 Å². The average Bonchev–Trinajstić information content (AvgIpc) is 2.48. The third-order valence-electron chi connectivity index (χ3n) is 2.15. The van der Waals surface area contributed by atoms with Crippen LogP contribution in [0.15, 0.2) is 0 Å². The Balaban J connectivity index is 2.58. The molecule has 1 aliphatic rings. The molecule has 1 atom stereocenters. The summed E-state index contributed by atoms with van der Waals surface area (Å²) in [5.41, 5.74) is 5.64. The summed E-state index contributed by atoms with van der Waals surface area (Å²) >= 11 is 0. The van der Waals surface area contributed by atoms with Crippen LogP contribution in [0.4, 0.5) is 0 Å². The standard InChI is InChI=1S/C7H16N2O3S/c1-12-5-6-13(10,11)9-4-2-3-7(9)8/h7H,2-6,8H2,1H3. The molecule has 1 unspecified atom stereocenters. The van der Waals surface area contributed by atoms with Gasteiger partial charge in [0.05, 0.1) is 18.5 Å². The van der Waals surface area contributed by atoms with E-state index in [2.05, 4.69) is 0 Å². The number of hydrogen-bond acceptors (Lipinski definition) is 4. The highest BCUT2D eigenvalue weighted by atomic mass is 32.2. The Morgan fingerprint density at radius 1 is 1.62 bits per heavy atom. The first kappa shape index (κ1) is 10.9. The van der Waals surface area contributed by atoms with E-state index in [-0.39, 0.29) is 18.5 Å². The van der Waals surface area contributed by atoms with Crippen LogP contribution in [-0.4, -0.2) is 44.9 Å². The van der Waals surface area contributed by atoms with Gasteiger partial charge in [0.1, 0.15) is 0 Å². The van der Waals surface area contributed by atoms with E-state index in [1.54, 1.807) is 0 Å². The molecule has 1 saturated heterocycles. The zero-order valence-corrected chi connectivity index (χ0v) is 8.59. The number of hydrogen-bond donors (Lipinski definition) is 1. The maximum atomic E-state index is 11.6. The molecule has 0 aromatic heterocycles. The molecule has 0 saturated carbocycles. The van der Waals surface area contributed by atoms with E-state index in [0.29, 0.717) is 6.54 Å². The summed E-state index contributed by atoms with van der Waals surface area (Å²) in [6.07, 6.45) is 1.28. The second kappa shape index (κ2) is 4.36. The van der Waals surface area contributed by atoms with Crippen molar-refractivity contribution in [2.24, 2.45) is 5.73 Å². The monoisotopic (exact) mass is 208 g/mol. The molecule has 78 valence electrons. The summed E-state index contributed by atoms with van der Waals surface area (Å²) < 4.78 is 29.2. The van der Waals surface area contributed by atoms with Crippen LogP contribution in [0.3, 0.4) is 0 Å². The third kappa shape index (κ3) is 2.63. The van der Waals surface area contributed by atoms with Crippen LogP contribution < -0.4 is 5.73 Å². The summed E-state index contributed by atoms with van der Waals surface area (Å²) in [5.74, 6) is 0.0250. The Morgan fingerprint density at radius 3 is 2.77 bits per heavy atom. The third-order valence-corrected chi connectivity index (χ3v) is 4.00. The summed E-state index contributed by atoms with van der Waals surface area (Å²) in [5, 5.41) is 0. The van der Waals surface area contributed by atoms with Gasteiger partial charge in [0.15, 0.2) is 0 Å². The Kier molecular flexibility index (Phi) is 3.66.